The summed E-state index contributed by atoms with van der Waals surface area (Å²) in [6.07, 6.45) is 1.89. The Balaban J connectivity index is 3.02. The van der Waals surface area contributed by atoms with Crippen LogP contribution in [0.5, 0.6) is 11.6 Å². The number of allylic oxidation sites excluding steroid dienone is 1. The van der Waals surface area contributed by atoms with E-state index in [1.165, 1.54) is 19.4 Å². The van der Waals surface area contributed by atoms with Crippen molar-refractivity contribution in [2.75, 3.05) is 13.7 Å². The van der Waals surface area contributed by atoms with Crippen molar-refractivity contribution < 1.29 is 27.8 Å². The van der Waals surface area contributed by atoms with Crippen LogP contribution in [0.3, 0.4) is 0 Å². The summed E-state index contributed by atoms with van der Waals surface area (Å²) in [7, 11) is 1.36. The second-order valence-electron chi connectivity index (χ2n) is 7.78. The van der Waals surface area contributed by atoms with Gasteiger partial charge in [0.25, 0.3) is 18.2 Å². The molecule has 0 spiro atoms. The highest BCUT2D eigenvalue weighted by atomic mass is 19.3. The van der Waals surface area contributed by atoms with E-state index in [4.69, 9.17) is 15.2 Å². The first kappa shape index (κ1) is 26.9. The van der Waals surface area contributed by atoms with Gasteiger partial charge in [-0.2, -0.15) is 0 Å². The maximum Gasteiger partial charge on any atom is 0.272 e. The molecular formula is C22H32F2N4O4. The Morgan fingerprint density at radius 3 is 2.41 bits per heavy atom. The van der Waals surface area contributed by atoms with E-state index in [2.05, 4.69) is 15.6 Å². The third-order valence-electron chi connectivity index (χ3n) is 4.13. The molecule has 0 bridgehead atoms. The number of nitrogens with two attached hydrogens (primary N) is 1. The first-order valence-electron chi connectivity index (χ1n) is 10.2. The molecule has 0 saturated carbocycles. The van der Waals surface area contributed by atoms with Crippen molar-refractivity contribution >= 4 is 11.8 Å². The molecule has 10 heteroatoms. The van der Waals surface area contributed by atoms with E-state index in [9.17, 15) is 18.4 Å². The number of ether oxygens (including phenoxy) is 2. The number of amides is 2. The van der Waals surface area contributed by atoms with Crippen LogP contribution in [0.15, 0.2) is 35.8 Å². The highest BCUT2D eigenvalue weighted by molar-refractivity contribution is 5.96. The molecule has 1 aromatic rings. The SMILES string of the molecule is COc1cc(C(C)NC(=O)C(/C=C(\N)NC(=O)C(C)C)=C/C(C)C)cnc1OCC(F)F. The average molecular weight is 455 g/mol. The first-order chi connectivity index (χ1) is 14.9. The minimum absolute atomic E-state index is 0.0453. The predicted octanol–water partition coefficient (Wildman–Crippen LogP) is 3.07. The highest BCUT2D eigenvalue weighted by Gasteiger charge is 2.18. The molecule has 0 radical (unpaired) electrons. The summed E-state index contributed by atoms with van der Waals surface area (Å²) in [6.45, 7) is 8.19. The van der Waals surface area contributed by atoms with Crippen LogP contribution in [-0.4, -0.2) is 36.9 Å². The van der Waals surface area contributed by atoms with Gasteiger partial charge < -0.3 is 25.8 Å². The van der Waals surface area contributed by atoms with Crippen molar-refractivity contribution in [1.29, 1.82) is 0 Å². The number of pyridine rings is 1. The molecule has 2 amide bonds. The lowest BCUT2D eigenvalue weighted by atomic mass is 10.1. The van der Waals surface area contributed by atoms with Gasteiger partial charge in [-0.1, -0.05) is 33.8 Å². The van der Waals surface area contributed by atoms with Crippen molar-refractivity contribution in [3.63, 3.8) is 0 Å². The molecule has 1 aromatic heterocycles. The molecule has 4 N–H and O–H groups in total. The summed E-state index contributed by atoms with van der Waals surface area (Å²) in [4.78, 5) is 28.7. The molecule has 0 saturated heterocycles. The Hall–Kier alpha value is -3.17. The van der Waals surface area contributed by atoms with Crippen LogP contribution in [0.2, 0.25) is 0 Å². The van der Waals surface area contributed by atoms with E-state index in [-0.39, 0.29) is 40.8 Å². The fourth-order valence-electron chi connectivity index (χ4n) is 2.48. The number of rotatable bonds is 11. The molecule has 1 heterocycles. The molecule has 0 aliphatic carbocycles. The molecular weight excluding hydrogens is 422 g/mol. The van der Waals surface area contributed by atoms with Gasteiger partial charge in [0, 0.05) is 17.7 Å². The van der Waals surface area contributed by atoms with E-state index < -0.39 is 25.0 Å². The maximum atomic E-state index is 12.9. The topological polar surface area (TPSA) is 116 Å². The molecule has 32 heavy (non-hydrogen) atoms. The third-order valence-corrected chi connectivity index (χ3v) is 4.13. The molecule has 1 rings (SSSR count). The van der Waals surface area contributed by atoms with E-state index in [0.717, 1.165) is 0 Å². The summed E-state index contributed by atoms with van der Waals surface area (Å²) >= 11 is 0. The average Bonchev–Trinajstić information content (AvgIpc) is 2.70. The zero-order chi connectivity index (χ0) is 24.4. The molecule has 1 atom stereocenters. The number of carbonyl (C=O) groups excluding carboxylic acids is 2. The number of hydrogen-bond acceptors (Lipinski definition) is 6. The molecule has 0 fully saturated rings. The largest absolute Gasteiger partial charge is 0.491 e. The molecule has 0 aliphatic heterocycles. The maximum absolute atomic E-state index is 12.9. The zero-order valence-electron chi connectivity index (χ0n) is 19.2. The molecule has 1 unspecified atom stereocenters. The highest BCUT2D eigenvalue weighted by Crippen LogP contribution is 2.28. The summed E-state index contributed by atoms with van der Waals surface area (Å²) in [6, 6.07) is 1.06. The number of aromatic nitrogens is 1. The van der Waals surface area contributed by atoms with Crippen molar-refractivity contribution in [2.45, 2.75) is 47.1 Å². The smallest absolute Gasteiger partial charge is 0.272 e. The van der Waals surface area contributed by atoms with Crippen LogP contribution in [0.1, 0.15) is 46.2 Å². The van der Waals surface area contributed by atoms with Crippen molar-refractivity contribution in [2.24, 2.45) is 17.6 Å². The van der Waals surface area contributed by atoms with Crippen molar-refractivity contribution in [3.8, 4) is 11.6 Å². The lowest BCUT2D eigenvalue weighted by molar-refractivity contribution is -0.123. The third kappa shape index (κ3) is 8.91. The lowest BCUT2D eigenvalue weighted by Crippen LogP contribution is -2.32. The fourth-order valence-corrected chi connectivity index (χ4v) is 2.48. The molecule has 0 aliphatic rings. The van der Waals surface area contributed by atoms with Crippen LogP contribution in [-0.2, 0) is 9.59 Å². The standard InChI is InChI=1S/C22H32F2N4O4/c1-12(2)7-15(9-19(25)28-20(29)13(3)4)21(30)27-14(5)16-8-17(31-6)22(26-10-16)32-11-18(23)24/h7-10,12-14,18H,11,25H2,1-6H3,(H,27,30)(H,28,29)/b15-7+,19-9+. The van der Waals surface area contributed by atoms with Crippen molar-refractivity contribution in [3.05, 3.63) is 41.4 Å². The van der Waals surface area contributed by atoms with Crippen LogP contribution >= 0.6 is 0 Å². The van der Waals surface area contributed by atoms with Crippen LogP contribution in [0.4, 0.5) is 8.78 Å². The van der Waals surface area contributed by atoms with Gasteiger partial charge in [0.15, 0.2) is 12.4 Å². The number of nitrogens with one attached hydrogen (secondary N) is 2. The van der Waals surface area contributed by atoms with Gasteiger partial charge in [-0.25, -0.2) is 13.8 Å². The van der Waals surface area contributed by atoms with Gasteiger partial charge in [0.2, 0.25) is 5.91 Å². The minimum Gasteiger partial charge on any atom is -0.491 e. The molecule has 8 nitrogen and oxygen atoms in total. The van der Waals surface area contributed by atoms with Crippen molar-refractivity contribution in [1.82, 2.24) is 15.6 Å². The Morgan fingerprint density at radius 1 is 1.22 bits per heavy atom. The van der Waals surface area contributed by atoms with Gasteiger partial charge in [-0.3, -0.25) is 9.59 Å². The predicted molar refractivity (Wildman–Crippen MR) is 117 cm³/mol. The first-order valence-corrected chi connectivity index (χ1v) is 10.2. The van der Waals surface area contributed by atoms with Gasteiger partial charge in [-0.05, 0) is 30.5 Å². The fraction of sp³-hybridized carbons (Fsp3) is 0.500. The zero-order valence-corrected chi connectivity index (χ0v) is 19.2. The Bertz CT molecular complexity index is 854. The van der Waals surface area contributed by atoms with Gasteiger partial charge in [0.05, 0.1) is 13.2 Å². The number of carbonyl (C=O) groups is 2. The molecule has 0 aromatic carbocycles. The summed E-state index contributed by atoms with van der Waals surface area (Å²) in [5.41, 5.74) is 6.75. The lowest BCUT2D eigenvalue weighted by Gasteiger charge is -2.17. The summed E-state index contributed by atoms with van der Waals surface area (Å²) < 4.78 is 34.9. The Kier molecular flexibility index (Phi) is 10.6. The quantitative estimate of drug-likeness (QED) is 0.350. The van der Waals surface area contributed by atoms with Gasteiger partial charge in [-0.15, -0.1) is 0 Å². The van der Waals surface area contributed by atoms with Crippen LogP contribution in [0.25, 0.3) is 0 Å². The number of nitrogens with zero attached hydrogens (tertiary/aromatic N) is 1. The van der Waals surface area contributed by atoms with E-state index in [1.54, 1.807) is 32.9 Å². The number of hydrogen-bond donors (Lipinski definition) is 3. The second-order valence-corrected chi connectivity index (χ2v) is 7.78. The Morgan fingerprint density at radius 2 is 1.88 bits per heavy atom. The summed E-state index contributed by atoms with van der Waals surface area (Å²) in [5.74, 6) is -0.724. The van der Waals surface area contributed by atoms with Crippen LogP contribution in [0, 0.1) is 11.8 Å². The van der Waals surface area contributed by atoms with E-state index in [1.807, 2.05) is 13.8 Å². The second kappa shape index (κ2) is 12.6. The monoisotopic (exact) mass is 454 g/mol. The van der Waals surface area contributed by atoms with E-state index >= 15 is 0 Å². The normalized spacial score (nSPS) is 13.3. The molecule has 178 valence electrons. The van der Waals surface area contributed by atoms with Crippen LogP contribution < -0.4 is 25.8 Å². The van der Waals surface area contributed by atoms with Gasteiger partial charge >= 0.3 is 0 Å². The number of methoxy groups -OCH3 is 1. The summed E-state index contributed by atoms with van der Waals surface area (Å²) in [5, 5.41) is 5.38. The minimum atomic E-state index is -2.64. The Labute approximate surface area is 187 Å². The number of halogens is 2. The van der Waals surface area contributed by atoms with E-state index in [0.29, 0.717) is 5.56 Å². The number of alkyl halides is 2. The van der Waals surface area contributed by atoms with Gasteiger partial charge in [0.1, 0.15) is 5.82 Å².